The van der Waals surface area contributed by atoms with E-state index in [4.69, 9.17) is 4.98 Å². The highest BCUT2D eigenvalue weighted by Crippen LogP contribution is 2.32. The molecule has 0 saturated carbocycles. The Bertz CT molecular complexity index is 870. The molecule has 2 fully saturated rings. The zero-order valence-corrected chi connectivity index (χ0v) is 14.7. The first-order chi connectivity index (χ1) is 12.4. The molecule has 0 radical (unpaired) electrons. The van der Waals surface area contributed by atoms with Crippen molar-refractivity contribution in [1.29, 1.82) is 0 Å². The van der Waals surface area contributed by atoms with E-state index < -0.39 is 0 Å². The normalized spacial score (nSPS) is 20.6. The molecule has 0 unspecified atom stereocenters. The first kappa shape index (κ1) is 15.2. The lowest BCUT2D eigenvalue weighted by atomic mass is 10.00. The zero-order chi connectivity index (χ0) is 16.6. The van der Waals surface area contributed by atoms with Crippen LogP contribution in [0.2, 0.25) is 0 Å². The number of rotatable bonds is 2. The fraction of sp³-hybridized carbons (Fsp3) is 0.476. The third kappa shape index (κ3) is 2.69. The van der Waals surface area contributed by atoms with Crippen LogP contribution in [0.5, 0.6) is 0 Å². The predicted octanol–water partition coefficient (Wildman–Crippen LogP) is 4.17. The Kier molecular flexibility index (Phi) is 3.86. The molecule has 25 heavy (non-hydrogen) atoms. The van der Waals surface area contributed by atoms with Crippen LogP contribution in [0, 0.1) is 0 Å². The van der Waals surface area contributed by atoms with Crippen molar-refractivity contribution in [3.05, 3.63) is 36.5 Å². The van der Waals surface area contributed by atoms with E-state index in [2.05, 4.69) is 45.1 Å². The molecular formula is C21H26N4. The van der Waals surface area contributed by atoms with E-state index in [0.29, 0.717) is 0 Å². The molecule has 2 saturated heterocycles. The van der Waals surface area contributed by atoms with Crippen molar-refractivity contribution in [3.8, 4) is 0 Å². The van der Waals surface area contributed by atoms with Gasteiger partial charge in [0.05, 0.1) is 5.52 Å². The van der Waals surface area contributed by atoms with Crippen molar-refractivity contribution in [2.24, 2.45) is 0 Å². The van der Waals surface area contributed by atoms with Crippen LogP contribution >= 0.6 is 0 Å². The quantitative estimate of drug-likeness (QED) is 0.764. The Morgan fingerprint density at radius 2 is 1.68 bits per heavy atom. The van der Waals surface area contributed by atoms with Crippen molar-refractivity contribution in [2.75, 3.05) is 31.1 Å². The molecule has 0 spiro atoms. The first-order valence-corrected chi connectivity index (χ1v) is 9.74. The van der Waals surface area contributed by atoms with Gasteiger partial charge in [-0.2, -0.15) is 0 Å². The van der Waals surface area contributed by atoms with Gasteiger partial charge in [-0.3, -0.25) is 0 Å². The van der Waals surface area contributed by atoms with E-state index in [1.807, 2.05) is 6.20 Å². The topological polar surface area (TPSA) is 35.2 Å². The van der Waals surface area contributed by atoms with Gasteiger partial charge in [0.1, 0.15) is 0 Å². The molecule has 130 valence electrons. The van der Waals surface area contributed by atoms with Crippen molar-refractivity contribution < 1.29 is 0 Å². The molecule has 0 amide bonds. The van der Waals surface area contributed by atoms with Gasteiger partial charge in [-0.05, 0) is 50.9 Å². The molecule has 0 bridgehead atoms. The van der Waals surface area contributed by atoms with E-state index in [1.54, 1.807) is 0 Å². The van der Waals surface area contributed by atoms with E-state index in [9.17, 15) is 0 Å². The van der Waals surface area contributed by atoms with Crippen molar-refractivity contribution >= 4 is 27.6 Å². The Balaban J connectivity index is 1.40. The van der Waals surface area contributed by atoms with Crippen LogP contribution in [0.25, 0.3) is 21.8 Å². The predicted molar refractivity (Wildman–Crippen MR) is 104 cm³/mol. The average Bonchev–Trinajstić information content (AvgIpc) is 3.08. The van der Waals surface area contributed by atoms with E-state index in [1.165, 1.54) is 67.0 Å². The van der Waals surface area contributed by atoms with Crippen molar-refractivity contribution in [1.82, 2.24) is 14.9 Å². The number of nitrogens with zero attached hydrogens (tertiary/aromatic N) is 3. The van der Waals surface area contributed by atoms with Gasteiger partial charge in [-0.25, -0.2) is 4.98 Å². The molecule has 5 rings (SSSR count). The maximum absolute atomic E-state index is 4.74. The fourth-order valence-electron chi connectivity index (χ4n) is 4.73. The van der Waals surface area contributed by atoms with Gasteiger partial charge in [0.25, 0.3) is 0 Å². The molecule has 0 aliphatic carbocycles. The monoisotopic (exact) mass is 334 g/mol. The standard InChI is InChI=1S/C21H26N4/c1-4-12-24(13-5-1)16-9-14-25(15-10-16)21-20-18(8-11-22-21)17-6-2-3-7-19(17)23-20/h2-3,6-8,11,16,23H,1,4-5,9-10,12-15H2. The average molecular weight is 334 g/mol. The van der Waals surface area contributed by atoms with Gasteiger partial charge in [-0.1, -0.05) is 24.6 Å². The number of fused-ring (bicyclic) bond motifs is 3. The number of piperidine rings is 2. The third-order valence-electron chi connectivity index (χ3n) is 6.08. The lowest BCUT2D eigenvalue weighted by Crippen LogP contribution is -2.47. The summed E-state index contributed by atoms with van der Waals surface area (Å²) in [4.78, 5) is 13.6. The van der Waals surface area contributed by atoms with E-state index >= 15 is 0 Å². The summed E-state index contributed by atoms with van der Waals surface area (Å²) in [5, 5.41) is 2.59. The van der Waals surface area contributed by atoms with Crippen LogP contribution in [0.4, 0.5) is 5.82 Å². The Hall–Kier alpha value is -2.07. The molecule has 4 heterocycles. The number of anilines is 1. The first-order valence-electron chi connectivity index (χ1n) is 9.74. The molecule has 0 atom stereocenters. The Labute approximate surface area is 148 Å². The van der Waals surface area contributed by atoms with Gasteiger partial charge in [0, 0.05) is 41.6 Å². The number of H-pyrrole nitrogens is 1. The van der Waals surface area contributed by atoms with Crippen LogP contribution in [-0.2, 0) is 0 Å². The van der Waals surface area contributed by atoms with Gasteiger partial charge >= 0.3 is 0 Å². The highest BCUT2D eigenvalue weighted by molar-refractivity contribution is 6.10. The minimum absolute atomic E-state index is 0.776. The maximum Gasteiger partial charge on any atom is 0.152 e. The largest absolute Gasteiger partial charge is 0.355 e. The van der Waals surface area contributed by atoms with Gasteiger partial charge < -0.3 is 14.8 Å². The number of aromatic nitrogens is 2. The molecule has 1 N–H and O–H groups in total. The van der Waals surface area contributed by atoms with E-state index in [0.717, 1.165) is 24.9 Å². The molecule has 4 heteroatoms. The molecule has 4 nitrogen and oxygen atoms in total. The molecule has 2 aliphatic rings. The zero-order valence-electron chi connectivity index (χ0n) is 14.7. The molecule has 2 aromatic heterocycles. The van der Waals surface area contributed by atoms with Crippen molar-refractivity contribution in [2.45, 2.75) is 38.1 Å². The van der Waals surface area contributed by atoms with Gasteiger partial charge in [-0.15, -0.1) is 0 Å². The number of pyridine rings is 1. The van der Waals surface area contributed by atoms with Crippen LogP contribution in [-0.4, -0.2) is 47.1 Å². The van der Waals surface area contributed by atoms with Crippen LogP contribution in [0.3, 0.4) is 0 Å². The van der Waals surface area contributed by atoms with Gasteiger partial charge in [0.2, 0.25) is 0 Å². The summed E-state index contributed by atoms with van der Waals surface area (Å²) in [5.74, 6) is 1.13. The second-order valence-electron chi connectivity index (χ2n) is 7.54. The van der Waals surface area contributed by atoms with Gasteiger partial charge in [0.15, 0.2) is 5.82 Å². The summed E-state index contributed by atoms with van der Waals surface area (Å²) in [7, 11) is 0. The Morgan fingerprint density at radius 3 is 2.52 bits per heavy atom. The SMILES string of the molecule is c1ccc2c(c1)[nH]c1c(N3CCC(N4CCCCC4)CC3)nccc12. The van der Waals surface area contributed by atoms with Crippen LogP contribution in [0.1, 0.15) is 32.1 Å². The highest BCUT2D eigenvalue weighted by Gasteiger charge is 2.27. The van der Waals surface area contributed by atoms with Crippen molar-refractivity contribution in [3.63, 3.8) is 0 Å². The molecule has 2 aliphatic heterocycles. The third-order valence-corrected chi connectivity index (χ3v) is 6.08. The lowest BCUT2D eigenvalue weighted by molar-refractivity contribution is 0.141. The number of benzene rings is 1. The Morgan fingerprint density at radius 1 is 0.880 bits per heavy atom. The fourth-order valence-corrected chi connectivity index (χ4v) is 4.73. The summed E-state index contributed by atoms with van der Waals surface area (Å²) in [5.41, 5.74) is 2.40. The second-order valence-corrected chi connectivity index (χ2v) is 7.54. The number of hydrogen-bond donors (Lipinski definition) is 1. The van der Waals surface area contributed by atoms with E-state index in [-0.39, 0.29) is 0 Å². The summed E-state index contributed by atoms with van der Waals surface area (Å²) in [6, 6.07) is 11.5. The summed E-state index contributed by atoms with van der Waals surface area (Å²) in [6.45, 7) is 4.84. The minimum Gasteiger partial charge on any atom is -0.355 e. The summed E-state index contributed by atoms with van der Waals surface area (Å²) >= 11 is 0. The smallest absolute Gasteiger partial charge is 0.152 e. The number of likely N-dealkylation sites (tertiary alicyclic amines) is 1. The minimum atomic E-state index is 0.776. The molecular weight excluding hydrogens is 308 g/mol. The second kappa shape index (κ2) is 6.34. The van der Waals surface area contributed by atoms with Crippen LogP contribution < -0.4 is 4.90 Å². The number of hydrogen-bond acceptors (Lipinski definition) is 3. The summed E-state index contributed by atoms with van der Waals surface area (Å²) in [6.07, 6.45) is 8.68. The number of para-hydroxylation sites is 1. The highest BCUT2D eigenvalue weighted by atomic mass is 15.2. The lowest BCUT2D eigenvalue weighted by Gasteiger charge is -2.40. The number of aromatic amines is 1. The molecule has 3 aromatic rings. The van der Waals surface area contributed by atoms with Crippen LogP contribution in [0.15, 0.2) is 36.5 Å². The maximum atomic E-state index is 4.74. The molecule has 1 aromatic carbocycles. The summed E-state index contributed by atoms with van der Waals surface area (Å²) < 4.78 is 0. The number of nitrogens with one attached hydrogen (secondary N) is 1.